The van der Waals surface area contributed by atoms with Crippen LogP contribution in [0.3, 0.4) is 0 Å². The summed E-state index contributed by atoms with van der Waals surface area (Å²) in [6, 6.07) is 5.79. The third-order valence-electron chi connectivity index (χ3n) is 2.17. The Morgan fingerprint density at radius 2 is 2.27 bits per heavy atom. The van der Waals surface area contributed by atoms with Crippen molar-refractivity contribution in [3.63, 3.8) is 0 Å². The second-order valence-electron chi connectivity index (χ2n) is 3.92. The van der Waals surface area contributed by atoms with Crippen molar-refractivity contribution in [3.05, 3.63) is 23.9 Å². The summed E-state index contributed by atoms with van der Waals surface area (Å²) >= 11 is 0. The Morgan fingerprint density at radius 3 is 2.80 bits per heavy atom. The lowest BCUT2D eigenvalue weighted by Crippen LogP contribution is -2.28. The highest BCUT2D eigenvalue weighted by atomic mass is 15.2. The molecule has 0 spiro atoms. The Kier molecular flexibility index (Phi) is 4.11. The van der Waals surface area contributed by atoms with Gasteiger partial charge in [0.1, 0.15) is 11.9 Å². The molecule has 1 heterocycles. The number of pyridine rings is 1. The maximum atomic E-state index is 8.98. The van der Waals surface area contributed by atoms with E-state index in [1.165, 1.54) is 0 Å². The van der Waals surface area contributed by atoms with Gasteiger partial charge in [-0.05, 0) is 25.0 Å². The third kappa shape index (κ3) is 2.95. The lowest BCUT2D eigenvalue weighted by molar-refractivity contribution is 0.614. The molecular formula is C12H17N3. The molecule has 0 amide bonds. The van der Waals surface area contributed by atoms with Crippen LogP contribution in [0.2, 0.25) is 0 Å². The van der Waals surface area contributed by atoms with E-state index in [0.29, 0.717) is 11.5 Å². The van der Waals surface area contributed by atoms with Gasteiger partial charge in [-0.3, -0.25) is 0 Å². The molecule has 0 aliphatic rings. The smallest absolute Gasteiger partial charge is 0.146 e. The monoisotopic (exact) mass is 203 g/mol. The molecule has 1 aromatic heterocycles. The molecule has 1 aromatic rings. The molecule has 0 aliphatic carbocycles. The van der Waals surface area contributed by atoms with Gasteiger partial charge in [0, 0.05) is 19.3 Å². The summed E-state index contributed by atoms with van der Waals surface area (Å²) in [6.45, 7) is 8.22. The number of nitriles is 1. The molecule has 15 heavy (non-hydrogen) atoms. The molecule has 3 nitrogen and oxygen atoms in total. The summed E-state index contributed by atoms with van der Waals surface area (Å²) in [5, 5.41) is 8.98. The zero-order valence-electron chi connectivity index (χ0n) is 9.57. The van der Waals surface area contributed by atoms with Crippen molar-refractivity contribution in [1.29, 1.82) is 5.26 Å². The Bertz CT molecular complexity index is 352. The standard InChI is InChI=1S/C12H17N3/c1-4-15(9-10(2)3)12-11(8-13)6-5-7-14-12/h5-7,10H,4,9H2,1-3H3. The van der Waals surface area contributed by atoms with Crippen LogP contribution in [0.4, 0.5) is 5.82 Å². The van der Waals surface area contributed by atoms with Crippen LogP contribution < -0.4 is 4.90 Å². The molecule has 1 rings (SSSR count). The molecule has 0 aliphatic heterocycles. The van der Waals surface area contributed by atoms with E-state index in [9.17, 15) is 0 Å². The highest BCUT2D eigenvalue weighted by Gasteiger charge is 2.11. The van der Waals surface area contributed by atoms with Gasteiger partial charge in [-0.2, -0.15) is 5.26 Å². The SMILES string of the molecule is CCN(CC(C)C)c1ncccc1C#N. The van der Waals surface area contributed by atoms with Crippen molar-refractivity contribution in [2.45, 2.75) is 20.8 Å². The van der Waals surface area contributed by atoms with Crippen LogP contribution in [-0.4, -0.2) is 18.1 Å². The van der Waals surface area contributed by atoms with E-state index in [2.05, 4.69) is 36.7 Å². The van der Waals surface area contributed by atoms with E-state index in [1.54, 1.807) is 12.3 Å². The van der Waals surface area contributed by atoms with Gasteiger partial charge in [-0.1, -0.05) is 13.8 Å². The number of rotatable bonds is 4. The first kappa shape index (κ1) is 11.5. The zero-order chi connectivity index (χ0) is 11.3. The van der Waals surface area contributed by atoms with E-state index in [-0.39, 0.29) is 0 Å². The molecule has 0 atom stereocenters. The number of anilines is 1. The van der Waals surface area contributed by atoms with E-state index in [4.69, 9.17) is 5.26 Å². The maximum absolute atomic E-state index is 8.98. The van der Waals surface area contributed by atoms with Crippen molar-refractivity contribution < 1.29 is 0 Å². The van der Waals surface area contributed by atoms with Gasteiger partial charge in [0.05, 0.1) is 5.56 Å². The fourth-order valence-electron chi connectivity index (χ4n) is 1.54. The van der Waals surface area contributed by atoms with Gasteiger partial charge < -0.3 is 4.90 Å². The average Bonchev–Trinajstić information content (AvgIpc) is 2.25. The Hall–Kier alpha value is -1.56. The summed E-state index contributed by atoms with van der Waals surface area (Å²) in [7, 11) is 0. The Balaban J connectivity index is 2.96. The summed E-state index contributed by atoms with van der Waals surface area (Å²) in [5.74, 6) is 1.37. The number of nitrogens with zero attached hydrogens (tertiary/aromatic N) is 3. The highest BCUT2D eigenvalue weighted by Crippen LogP contribution is 2.16. The first-order valence-electron chi connectivity index (χ1n) is 5.29. The second kappa shape index (κ2) is 5.35. The average molecular weight is 203 g/mol. The first-order chi connectivity index (χ1) is 7.19. The van der Waals surface area contributed by atoms with Crippen molar-refractivity contribution in [3.8, 4) is 6.07 Å². The van der Waals surface area contributed by atoms with Crippen LogP contribution >= 0.6 is 0 Å². The van der Waals surface area contributed by atoms with Gasteiger partial charge >= 0.3 is 0 Å². The summed E-state index contributed by atoms with van der Waals surface area (Å²) in [4.78, 5) is 6.42. The van der Waals surface area contributed by atoms with Crippen LogP contribution in [0.15, 0.2) is 18.3 Å². The van der Waals surface area contributed by atoms with Crippen LogP contribution in [0.25, 0.3) is 0 Å². The molecule has 0 radical (unpaired) electrons. The van der Waals surface area contributed by atoms with E-state index in [0.717, 1.165) is 18.9 Å². The molecule has 3 heteroatoms. The van der Waals surface area contributed by atoms with Crippen LogP contribution in [0.5, 0.6) is 0 Å². The minimum atomic E-state index is 0.568. The largest absolute Gasteiger partial charge is 0.356 e. The molecule has 0 unspecified atom stereocenters. The fraction of sp³-hybridized carbons (Fsp3) is 0.500. The van der Waals surface area contributed by atoms with Gasteiger partial charge in [0.15, 0.2) is 0 Å². The normalized spacial score (nSPS) is 10.1. The van der Waals surface area contributed by atoms with E-state index >= 15 is 0 Å². The molecule has 0 saturated carbocycles. The van der Waals surface area contributed by atoms with Crippen molar-refractivity contribution >= 4 is 5.82 Å². The maximum Gasteiger partial charge on any atom is 0.146 e. The second-order valence-corrected chi connectivity index (χ2v) is 3.92. The number of aromatic nitrogens is 1. The molecule has 0 saturated heterocycles. The number of hydrogen-bond acceptors (Lipinski definition) is 3. The lowest BCUT2D eigenvalue weighted by Gasteiger charge is -2.24. The molecule has 0 aromatic carbocycles. The Morgan fingerprint density at radius 1 is 1.53 bits per heavy atom. The minimum Gasteiger partial charge on any atom is -0.356 e. The van der Waals surface area contributed by atoms with Crippen LogP contribution in [0.1, 0.15) is 26.3 Å². The van der Waals surface area contributed by atoms with Crippen molar-refractivity contribution in [1.82, 2.24) is 4.98 Å². The Labute approximate surface area is 91.4 Å². The van der Waals surface area contributed by atoms with Crippen molar-refractivity contribution in [2.75, 3.05) is 18.0 Å². The van der Waals surface area contributed by atoms with E-state index < -0.39 is 0 Å². The topological polar surface area (TPSA) is 39.9 Å². The summed E-state index contributed by atoms with van der Waals surface area (Å²) in [5.41, 5.74) is 0.653. The van der Waals surface area contributed by atoms with Gasteiger partial charge in [0.25, 0.3) is 0 Å². The molecule has 0 N–H and O–H groups in total. The van der Waals surface area contributed by atoms with Crippen LogP contribution in [0, 0.1) is 17.2 Å². The van der Waals surface area contributed by atoms with Crippen molar-refractivity contribution in [2.24, 2.45) is 5.92 Å². The lowest BCUT2D eigenvalue weighted by atomic mass is 10.2. The first-order valence-corrected chi connectivity index (χ1v) is 5.29. The molecule has 0 fully saturated rings. The van der Waals surface area contributed by atoms with Gasteiger partial charge in [-0.15, -0.1) is 0 Å². The highest BCUT2D eigenvalue weighted by molar-refractivity contribution is 5.53. The minimum absolute atomic E-state index is 0.568. The summed E-state index contributed by atoms with van der Waals surface area (Å²) < 4.78 is 0. The van der Waals surface area contributed by atoms with E-state index in [1.807, 2.05) is 6.07 Å². The molecule has 0 bridgehead atoms. The zero-order valence-corrected chi connectivity index (χ0v) is 9.57. The number of hydrogen-bond donors (Lipinski definition) is 0. The van der Waals surface area contributed by atoms with Crippen LogP contribution in [-0.2, 0) is 0 Å². The predicted molar refractivity (Wildman–Crippen MR) is 61.7 cm³/mol. The molecular weight excluding hydrogens is 186 g/mol. The van der Waals surface area contributed by atoms with Gasteiger partial charge in [-0.25, -0.2) is 4.98 Å². The third-order valence-corrected chi connectivity index (χ3v) is 2.17. The fourth-order valence-corrected chi connectivity index (χ4v) is 1.54. The molecule has 80 valence electrons. The quantitative estimate of drug-likeness (QED) is 0.754. The van der Waals surface area contributed by atoms with Gasteiger partial charge in [0.2, 0.25) is 0 Å². The summed E-state index contributed by atoms with van der Waals surface area (Å²) in [6.07, 6.45) is 1.74. The predicted octanol–water partition coefficient (Wildman–Crippen LogP) is 2.44.